The number of rotatable bonds is 4. The van der Waals surface area contributed by atoms with E-state index in [1.807, 2.05) is 0 Å². The molecule has 1 N–H and O–H groups in total. The Morgan fingerprint density at radius 2 is 1.80 bits per heavy atom. The number of carbonyl (C=O) groups is 1. The van der Waals surface area contributed by atoms with E-state index in [0.717, 1.165) is 12.1 Å². The van der Waals surface area contributed by atoms with Gasteiger partial charge in [0.1, 0.15) is 0 Å². The molecule has 1 aromatic heterocycles. The van der Waals surface area contributed by atoms with E-state index in [4.69, 9.17) is 4.55 Å². The summed E-state index contributed by atoms with van der Waals surface area (Å²) in [4.78, 5) is 15.7. The summed E-state index contributed by atoms with van der Waals surface area (Å²) < 4.78 is 98.0. The monoisotopic (exact) mass is 385 g/mol. The lowest BCUT2D eigenvalue weighted by molar-refractivity contribution is -0.248. The van der Waals surface area contributed by atoms with Gasteiger partial charge in [0.05, 0.1) is 11.1 Å². The fourth-order valence-corrected chi connectivity index (χ4v) is 2.29. The molecule has 0 radical (unpaired) electrons. The van der Waals surface area contributed by atoms with Crippen molar-refractivity contribution in [3.8, 4) is 0 Å². The molecule has 0 bridgehead atoms. The van der Waals surface area contributed by atoms with Crippen molar-refractivity contribution in [1.29, 1.82) is 0 Å². The van der Waals surface area contributed by atoms with Crippen molar-refractivity contribution in [3.05, 3.63) is 42.1 Å². The second kappa shape index (κ2) is 6.19. The van der Waals surface area contributed by atoms with Crippen molar-refractivity contribution in [3.63, 3.8) is 0 Å². The highest BCUT2D eigenvalue weighted by Crippen LogP contribution is 2.38. The lowest BCUT2D eigenvalue weighted by Crippen LogP contribution is -2.52. The fourth-order valence-electron chi connectivity index (χ4n) is 1.84. The first-order chi connectivity index (χ1) is 11.3. The van der Waals surface area contributed by atoms with E-state index in [1.165, 1.54) is 24.4 Å². The van der Waals surface area contributed by atoms with Crippen LogP contribution < -0.4 is 0 Å². The molecule has 0 spiro atoms. The van der Waals surface area contributed by atoms with Gasteiger partial charge in [-0.3, -0.25) is 9.54 Å². The van der Waals surface area contributed by atoms with Gasteiger partial charge >= 0.3 is 27.5 Å². The van der Waals surface area contributed by atoms with Crippen LogP contribution in [0.5, 0.6) is 0 Å². The van der Waals surface area contributed by atoms with Crippen LogP contribution in [0.4, 0.5) is 22.0 Å². The number of pyridine rings is 1. The topological polar surface area (TPSA) is 93.6 Å². The number of halogens is 5. The number of hydrogen-bond acceptors (Lipinski definition) is 5. The Kier molecular flexibility index (Phi) is 4.70. The van der Waals surface area contributed by atoms with Crippen molar-refractivity contribution in [2.45, 2.75) is 17.5 Å². The maximum absolute atomic E-state index is 13.4. The molecule has 1 heterocycles. The summed E-state index contributed by atoms with van der Waals surface area (Å²) in [6.45, 7) is 0. The highest BCUT2D eigenvalue weighted by atomic mass is 32.2. The Labute approximate surface area is 137 Å². The maximum Gasteiger partial charge on any atom is 0.432 e. The number of carbonyl (C=O) groups excluding carboxylic acids is 1. The number of nitrogens with zero attached hydrogens (tertiary/aromatic N) is 1. The van der Waals surface area contributed by atoms with Crippen LogP contribution in [0, 0.1) is 0 Å². The van der Waals surface area contributed by atoms with E-state index in [9.17, 15) is 35.2 Å². The van der Waals surface area contributed by atoms with Gasteiger partial charge in [-0.1, -0.05) is 6.07 Å². The Bertz CT molecular complexity index is 912. The van der Waals surface area contributed by atoms with Crippen LogP contribution in [0.15, 0.2) is 36.5 Å². The molecule has 12 heteroatoms. The molecular weight excluding hydrogens is 377 g/mol. The minimum absolute atomic E-state index is 0.307. The van der Waals surface area contributed by atoms with Crippen molar-refractivity contribution in [2.75, 3.05) is 0 Å². The molecule has 1 unspecified atom stereocenters. The van der Waals surface area contributed by atoms with Crippen LogP contribution >= 0.6 is 0 Å². The largest absolute Gasteiger partial charge is 0.441 e. The highest BCUT2D eigenvalue weighted by molar-refractivity contribution is 7.86. The van der Waals surface area contributed by atoms with E-state index in [0.29, 0.717) is 10.9 Å². The molecule has 0 saturated heterocycles. The lowest BCUT2D eigenvalue weighted by Gasteiger charge is -2.26. The molecule has 136 valence electrons. The Hall–Kier alpha value is -2.34. The Morgan fingerprint density at radius 3 is 2.36 bits per heavy atom. The zero-order valence-electron chi connectivity index (χ0n) is 11.9. The van der Waals surface area contributed by atoms with E-state index >= 15 is 0 Å². The zero-order valence-corrected chi connectivity index (χ0v) is 12.7. The maximum atomic E-state index is 13.4. The molecule has 0 saturated carbocycles. The summed E-state index contributed by atoms with van der Waals surface area (Å²) >= 11 is 0. The van der Waals surface area contributed by atoms with Gasteiger partial charge in [-0.15, -0.1) is 0 Å². The molecule has 0 aliphatic rings. The van der Waals surface area contributed by atoms with Crippen molar-refractivity contribution in [1.82, 2.24) is 4.98 Å². The Morgan fingerprint density at radius 1 is 1.16 bits per heavy atom. The first-order valence-corrected chi connectivity index (χ1v) is 7.75. The molecule has 0 aliphatic carbocycles. The zero-order chi connectivity index (χ0) is 19.0. The average Bonchev–Trinajstić information content (AvgIpc) is 2.49. The number of aromatic nitrogens is 1. The van der Waals surface area contributed by atoms with Gasteiger partial charge < -0.3 is 4.74 Å². The van der Waals surface area contributed by atoms with Gasteiger partial charge in [-0.2, -0.15) is 30.4 Å². The summed E-state index contributed by atoms with van der Waals surface area (Å²) in [5, 5.41) is -5.47. The Balaban J connectivity index is 2.39. The van der Waals surface area contributed by atoms with Crippen molar-refractivity contribution >= 4 is 27.0 Å². The van der Waals surface area contributed by atoms with Crippen LogP contribution in [-0.4, -0.2) is 41.5 Å². The normalized spacial score (nSPS) is 14.3. The summed E-state index contributed by atoms with van der Waals surface area (Å²) in [5.41, 5.74) is -0.171. The van der Waals surface area contributed by atoms with Gasteiger partial charge in [-0.05, 0) is 24.3 Å². The van der Waals surface area contributed by atoms with Gasteiger partial charge in [-0.25, -0.2) is 4.79 Å². The third-order valence-corrected chi connectivity index (χ3v) is 3.91. The quantitative estimate of drug-likeness (QED) is 0.494. The summed E-state index contributed by atoms with van der Waals surface area (Å²) in [6.07, 6.45) is -8.92. The van der Waals surface area contributed by atoms with Crippen LogP contribution in [0.2, 0.25) is 0 Å². The standard InChI is InChI=1S/C13H8F5NO5S/c14-12(15,16)11(13(17,18)25(21,22)23)24-10(20)8-3-4-9-7(6-8)2-1-5-19-9/h1-6,11H,(H,21,22,23). The van der Waals surface area contributed by atoms with Crippen LogP contribution in [0.3, 0.4) is 0 Å². The molecule has 1 atom stereocenters. The molecule has 25 heavy (non-hydrogen) atoms. The van der Waals surface area contributed by atoms with Crippen LogP contribution in [-0.2, 0) is 14.9 Å². The van der Waals surface area contributed by atoms with Crippen LogP contribution in [0.25, 0.3) is 10.9 Å². The van der Waals surface area contributed by atoms with Gasteiger partial charge in [0.25, 0.3) is 6.10 Å². The lowest BCUT2D eigenvalue weighted by atomic mass is 10.1. The first-order valence-electron chi connectivity index (χ1n) is 6.31. The summed E-state index contributed by atoms with van der Waals surface area (Å²) in [5.74, 6) is -1.85. The average molecular weight is 385 g/mol. The molecule has 1 aromatic carbocycles. The third kappa shape index (κ3) is 3.85. The number of benzene rings is 1. The number of fused-ring (bicyclic) bond motifs is 1. The van der Waals surface area contributed by atoms with Crippen LogP contribution in [0.1, 0.15) is 10.4 Å². The number of esters is 1. The van der Waals surface area contributed by atoms with E-state index in [1.54, 1.807) is 0 Å². The van der Waals surface area contributed by atoms with Gasteiger partial charge in [0.15, 0.2) is 0 Å². The summed E-state index contributed by atoms with van der Waals surface area (Å²) in [7, 11) is -6.49. The molecule has 6 nitrogen and oxygen atoms in total. The highest BCUT2D eigenvalue weighted by Gasteiger charge is 2.66. The molecule has 0 amide bonds. The smallest absolute Gasteiger partial charge is 0.432 e. The first kappa shape index (κ1) is 19.0. The molecule has 0 aliphatic heterocycles. The second-order valence-corrected chi connectivity index (χ2v) is 6.27. The molecule has 0 fully saturated rings. The molecule has 2 aromatic rings. The van der Waals surface area contributed by atoms with Gasteiger partial charge in [0.2, 0.25) is 0 Å². The predicted molar refractivity (Wildman–Crippen MR) is 73.5 cm³/mol. The predicted octanol–water partition coefficient (Wildman–Crippen LogP) is 2.80. The molecule has 2 rings (SSSR count). The SMILES string of the molecule is O=C(OC(C(F)(F)F)C(F)(F)S(=O)(=O)O)c1ccc2ncccc2c1. The number of alkyl halides is 5. The van der Waals surface area contributed by atoms with E-state index in [-0.39, 0.29) is 0 Å². The fraction of sp³-hybridized carbons (Fsp3) is 0.231. The minimum Gasteiger partial charge on any atom is -0.441 e. The van der Waals surface area contributed by atoms with Crippen molar-refractivity contribution in [2.24, 2.45) is 0 Å². The number of ether oxygens (including phenoxy) is 1. The van der Waals surface area contributed by atoms with Gasteiger partial charge in [0, 0.05) is 11.6 Å². The second-order valence-electron chi connectivity index (χ2n) is 4.77. The van der Waals surface area contributed by atoms with Crippen molar-refractivity contribution < 1.29 is 44.5 Å². The third-order valence-electron chi connectivity index (χ3n) is 3.01. The minimum atomic E-state index is -6.49. The summed E-state index contributed by atoms with van der Waals surface area (Å²) in [6, 6.07) is 6.14. The number of hydrogen-bond donors (Lipinski definition) is 1. The van der Waals surface area contributed by atoms with E-state index < -0.39 is 39.2 Å². The molecular formula is C13H8F5NO5S. The van der Waals surface area contributed by atoms with E-state index in [2.05, 4.69) is 9.72 Å².